The third-order valence-electron chi connectivity index (χ3n) is 4.38. The summed E-state index contributed by atoms with van der Waals surface area (Å²) >= 11 is 6.20. The third kappa shape index (κ3) is 5.54. The van der Waals surface area contributed by atoms with Crippen molar-refractivity contribution in [3.05, 3.63) is 40.3 Å². The molecular weight excluding hydrogens is 382 g/mol. The number of hydrogen-bond acceptors (Lipinski definition) is 5. The van der Waals surface area contributed by atoms with Crippen LogP contribution in [0.25, 0.3) is 6.08 Å². The second-order valence-electron chi connectivity index (χ2n) is 6.52. The minimum atomic E-state index is -0.259. The first-order valence-corrected chi connectivity index (χ1v) is 10.2. The molecule has 2 N–H and O–H groups in total. The largest absolute Gasteiger partial charge is 0.376 e. The van der Waals surface area contributed by atoms with Crippen molar-refractivity contribution in [3.63, 3.8) is 0 Å². The van der Waals surface area contributed by atoms with E-state index < -0.39 is 0 Å². The predicted molar refractivity (Wildman–Crippen MR) is 111 cm³/mol. The maximum atomic E-state index is 12.5. The lowest BCUT2D eigenvalue weighted by atomic mass is 10.1. The Morgan fingerprint density at radius 2 is 2.11 bits per heavy atom. The van der Waals surface area contributed by atoms with Gasteiger partial charge >= 0.3 is 0 Å². The number of ether oxygens (including phenoxy) is 1. The van der Waals surface area contributed by atoms with Gasteiger partial charge in [-0.3, -0.25) is 14.5 Å². The van der Waals surface area contributed by atoms with Gasteiger partial charge in [-0.25, -0.2) is 0 Å². The Morgan fingerprint density at radius 3 is 2.81 bits per heavy atom. The first kappa shape index (κ1) is 19.9. The highest BCUT2D eigenvalue weighted by Crippen LogP contribution is 2.31. The van der Waals surface area contributed by atoms with Crippen molar-refractivity contribution in [3.8, 4) is 0 Å². The van der Waals surface area contributed by atoms with Crippen molar-refractivity contribution >= 4 is 46.3 Å². The number of aryl methyl sites for hydroxylation is 1. The summed E-state index contributed by atoms with van der Waals surface area (Å²) in [5.41, 5.74) is 2.05. The topological polar surface area (TPSA) is 70.7 Å². The minimum Gasteiger partial charge on any atom is -0.376 e. The Bertz CT molecular complexity index is 743. The smallest absolute Gasteiger partial charge is 0.293 e. The minimum absolute atomic E-state index is 0.206. The van der Waals surface area contributed by atoms with Gasteiger partial charge < -0.3 is 15.4 Å². The number of rotatable bonds is 6. The number of thioether (sulfide) groups is 1. The van der Waals surface area contributed by atoms with E-state index in [1.165, 1.54) is 4.90 Å². The summed E-state index contributed by atoms with van der Waals surface area (Å²) in [6.07, 6.45) is 4.09. The van der Waals surface area contributed by atoms with Crippen LogP contribution in [0.1, 0.15) is 24.0 Å². The quantitative estimate of drug-likeness (QED) is 0.557. The molecule has 1 atom stereocenters. The Labute approximate surface area is 168 Å². The predicted octanol–water partition coefficient (Wildman–Crippen LogP) is 2.67. The summed E-state index contributed by atoms with van der Waals surface area (Å²) in [5.74, 6) is -0.259. The summed E-state index contributed by atoms with van der Waals surface area (Å²) in [4.78, 5) is 26.3. The van der Waals surface area contributed by atoms with E-state index in [1.807, 2.05) is 31.2 Å². The highest BCUT2D eigenvalue weighted by molar-refractivity contribution is 8.18. The van der Waals surface area contributed by atoms with Gasteiger partial charge in [0.2, 0.25) is 0 Å². The fourth-order valence-electron chi connectivity index (χ4n) is 2.86. The molecule has 144 valence electrons. The van der Waals surface area contributed by atoms with Gasteiger partial charge in [-0.05, 0) is 55.4 Å². The zero-order chi connectivity index (χ0) is 19.2. The third-order valence-corrected chi connectivity index (χ3v) is 5.58. The van der Waals surface area contributed by atoms with Crippen molar-refractivity contribution in [2.45, 2.75) is 25.9 Å². The van der Waals surface area contributed by atoms with Crippen LogP contribution in [0.3, 0.4) is 0 Å². The van der Waals surface area contributed by atoms with Gasteiger partial charge in [0, 0.05) is 26.2 Å². The standard InChI is InChI=1S/C19H23N3O3S2/c1-13-4-6-14(7-5-13)11-16-17(23)22(19(24)27-16)9-8-20-18(26)21-12-15-3-2-10-25-15/h4-7,11,15H,2-3,8-10,12H2,1H3,(H2,20,21,26)/b16-11-/t15-/m1/s1. The number of hydrogen-bond donors (Lipinski definition) is 2. The van der Waals surface area contributed by atoms with Crippen LogP contribution >= 0.6 is 24.0 Å². The molecule has 1 aromatic rings. The number of carbonyl (C=O) groups excluding carboxylic acids is 2. The van der Waals surface area contributed by atoms with Gasteiger partial charge in [-0.2, -0.15) is 0 Å². The summed E-state index contributed by atoms with van der Waals surface area (Å²) in [7, 11) is 0. The van der Waals surface area contributed by atoms with Gasteiger partial charge in [-0.15, -0.1) is 0 Å². The molecule has 6 nitrogen and oxygen atoms in total. The molecular formula is C19H23N3O3S2. The van der Waals surface area contributed by atoms with Gasteiger partial charge in [0.25, 0.3) is 11.1 Å². The molecule has 8 heteroatoms. The lowest BCUT2D eigenvalue weighted by Crippen LogP contribution is -2.43. The maximum absolute atomic E-state index is 12.5. The molecule has 2 aliphatic heterocycles. The fraction of sp³-hybridized carbons (Fsp3) is 0.421. The van der Waals surface area contributed by atoms with Crippen molar-refractivity contribution in [1.29, 1.82) is 0 Å². The van der Waals surface area contributed by atoms with E-state index in [4.69, 9.17) is 17.0 Å². The average Bonchev–Trinajstić information content (AvgIpc) is 3.26. The lowest BCUT2D eigenvalue weighted by molar-refractivity contribution is -0.122. The number of imide groups is 1. The Balaban J connectivity index is 1.45. The number of benzene rings is 1. The summed E-state index contributed by atoms with van der Waals surface area (Å²) in [6, 6.07) is 7.82. The lowest BCUT2D eigenvalue weighted by Gasteiger charge is -2.16. The average molecular weight is 406 g/mol. The van der Waals surface area contributed by atoms with Crippen LogP contribution in [0.15, 0.2) is 29.2 Å². The fourth-order valence-corrected chi connectivity index (χ4v) is 3.91. The van der Waals surface area contributed by atoms with E-state index in [-0.39, 0.29) is 23.8 Å². The van der Waals surface area contributed by atoms with E-state index in [9.17, 15) is 9.59 Å². The molecule has 27 heavy (non-hydrogen) atoms. The molecule has 0 spiro atoms. The van der Waals surface area contributed by atoms with Crippen LogP contribution in [-0.2, 0) is 9.53 Å². The molecule has 2 heterocycles. The van der Waals surface area contributed by atoms with Crippen LogP contribution in [0.5, 0.6) is 0 Å². The van der Waals surface area contributed by atoms with Crippen molar-refractivity contribution < 1.29 is 14.3 Å². The molecule has 0 bridgehead atoms. The summed E-state index contributed by atoms with van der Waals surface area (Å²) in [6.45, 7) is 4.17. The van der Waals surface area contributed by atoms with Crippen LogP contribution in [0, 0.1) is 6.92 Å². The van der Waals surface area contributed by atoms with Gasteiger partial charge in [0.15, 0.2) is 5.11 Å². The van der Waals surface area contributed by atoms with E-state index in [0.717, 1.165) is 42.3 Å². The number of carbonyl (C=O) groups is 2. The van der Waals surface area contributed by atoms with Crippen LogP contribution in [0.2, 0.25) is 0 Å². The molecule has 1 aromatic carbocycles. The zero-order valence-corrected chi connectivity index (χ0v) is 16.8. The highest BCUT2D eigenvalue weighted by Gasteiger charge is 2.34. The molecule has 0 unspecified atom stereocenters. The molecule has 0 aromatic heterocycles. The number of nitrogens with one attached hydrogen (secondary N) is 2. The Hall–Kier alpha value is -1.90. The van der Waals surface area contributed by atoms with Gasteiger partial charge in [-0.1, -0.05) is 29.8 Å². The molecule has 2 amide bonds. The van der Waals surface area contributed by atoms with E-state index in [1.54, 1.807) is 6.08 Å². The van der Waals surface area contributed by atoms with Gasteiger partial charge in [0.1, 0.15) is 0 Å². The number of amides is 2. The number of thiocarbonyl (C=S) groups is 1. The second-order valence-corrected chi connectivity index (χ2v) is 7.92. The first-order chi connectivity index (χ1) is 13.0. The Morgan fingerprint density at radius 1 is 1.33 bits per heavy atom. The van der Waals surface area contributed by atoms with Crippen molar-refractivity contribution in [2.24, 2.45) is 0 Å². The second kappa shape index (κ2) is 9.34. The normalized spacial score (nSPS) is 21.1. The van der Waals surface area contributed by atoms with Gasteiger partial charge in [0.05, 0.1) is 11.0 Å². The molecule has 3 rings (SSSR count). The molecule has 0 saturated carbocycles. The molecule has 0 aliphatic carbocycles. The van der Waals surface area contributed by atoms with Crippen molar-refractivity contribution in [2.75, 3.05) is 26.2 Å². The van der Waals surface area contributed by atoms with Crippen molar-refractivity contribution in [1.82, 2.24) is 15.5 Å². The van der Waals surface area contributed by atoms with Crippen LogP contribution < -0.4 is 10.6 Å². The van der Waals surface area contributed by atoms with E-state index in [2.05, 4.69) is 10.6 Å². The highest BCUT2D eigenvalue weighted by atomic mass is 32.2. The Kier molecular flexibility index (Phi) is 6.87. The molecule has 2 saturated heterocycles. The van der Waals surface area contributed by atoms with E-state index >= 15 is 0 Å². The van der Waals surface area contributed by atoms with E-state index in [0.29, 0.717) is 23.1 Å². The first-order valence-electron chi connectivity index (χ1n) is 8.98. The van der Waals surface area contributed by atoms with Crippen LogP contribution in [0.4, 0.5) is 4.79 Å². The maximum Gasteiger partial charge on any atom is 0.293 e. The summed E-state index contributed by atoms with van der Waals surface area (Å²) in [5, 5.41) is 6.40. The molecule has 2 fully saturated rings. The zero-order valence-electron chi connectivity index (χ0n) is 15.2. The summed E-state index contributed by atoms with van der Waals surface area (Å²) < 4.78 is 5.53. The SMILES string of the molecule is Cc1ccc(/C=C2\SC(=O)N(CCNC(=S)NC[C@H]3CCCO3)C2=O)cc1. The van der Waals surface area contributed by atoms with Crippen LogP contribution in [-0.4, -0.2) is 53.5 Å². The molecule has 0 radical (unpaired) electrons. The molecule has 2 aliphatic rings. The number of nitrogens with zero attached hydrogens (tertiary/aromatic N) is 1. The monoisotopic (exact) mass is 405 g/mol.